The molecular formula is C29H41N3O3S. The molecule has 2 saturated heterocycles. The molecule has 2 aliphatic heterocycles. The lowest BCUT2D eigenvalue weighted by molar-refractivity contribution is -0.203. The number of ether oxygens (including phenoxy) is 2. The van der Waals surface area contributed by atoms with Crippen LogP contribution in [0.2, 0.25) is 0 Å². The van der Waals surface area contributed by atoms with Gasteiger partial charge in [-0.1, -0.05) is 24.3 Å². The Bertz CT molecular complexity index is 1010. The van der Waals surface area contributed by atoms with Gasteiger partial charge in [-0.15, -0.1) is 11.3 Å². The molecule has 1 aliphatic carbocycles. The Balaban J connectivity index is 1.19. The molecule has 1 atom stereocenters. The van der Waals surface area contributed by atoms with Crippen molar-refractivity contribution in [1.29, 1.82) is 0 Å². The average molecular weight is 512 g/mol. The first-order valence-corrected chi connectivity index (χ1v) is 14.5. The number of benzene rings is 1. The van der Waals surface area contributed by atoms with Gasteiger partial charge in [0.05, 0.1) is 12.1 Å². The van der Waals surface area contributed by atoms with Crippen molar-refractivity contribution in [3.63, 3.8) is 0 Å². The van der Waals surface area contributed by atoms with Gasteiger partial charge in [-0.3, -0.25) is 4.79 Å². The standard InChI is InChI=1S/C29H41N3O3S/c1-22(2)32-21-28(35-29(12-13-29)27(32)33)14-18-31(19-15-28)17-11-23-7-4-5-8-24(23)34-25(10-16-30-3)26-9-6-20-36-26/h4-9,20,22,25,30H,10-19,21H2,1-3H3/t25-/m1/s1. The molecule has 2 aromatic rings. The zero-order valence-electron chi connectivity index (χ0n) is 22.0. The number of nitrogens with one attached hydrogen (secondary N) is 1. The molecule has 1 saturated carbocycles. The lowest BCUT2D eigenvalue weighted by Gasteiger charge is -2.51. The van der Waals surface area contributed by atoms with E-state index in [-0.39, 0.29) is 23.7 Å². The lowest BCUT2D eigenvalue weighted by Crippen LogP contribution is -2.64. The van der Waals surface area contributed by atoms with Crippen LogP contribution in [0.1, 0.15) is 62.5 Å². The first-order chi connectivity index (χ1) is 17.4. The minimum Gasteiger partial charge on any atom is -0.485 e. The zero-order chi connectivity index (χ0) is 25.2. The summed E-state index contributed by atoms with van der Waals surface area (Å²) in [5.74, 6) is 1.22. The van der Waals surface area contributed by atoms with E-state index >= 15 is 0 Å². The lowest BCUT2D eigenvalue weighted by atomic mass is 9.87. The first-order valence-electron chi connectivity index (χ1n) is 13.6. The second kappa shape index (κ2) is 10.8. The van der Waals surface area contributed by atoms with Crippen LogP contribution >= 0.6 is 11.3 Å². The second-order valence-corrected chi connectivity index (χ2v) is 12.0. The Morgan fingerprint density at radius 1 is 1.11 bits per heavy atom. The fourth-order valence-corrected chi connectivity index (χ4v) is 6.48. The van der Waals surface area contributed by atoms with E-state index in [4.69, 9.17) is 9.47 Å². The van der Waals surface area contributed by atoms with E-state index in [1.165, 1.54) is 10.4 Å². The highest BCUT2D eigenvalue weighted by atomic mass is 32.1. The molecule has 6 nitrogen and oxygen atoms in total. The molecule has 2 spiro atoms. The van der Waals surface area contributed by atoms with Crippen molar-refractivity contribution in [1.82, 2.24) is 15.1 Å². The van der Waals surface area contributed by atoms with Crippen LogP contribution < -0.4 is 10.1 Å². The van der Waals surface area contributed by atoms with Crippen molar-refractivity contribution >= 4 is 17.2 Å². The molecule has 0 radical (unpaired) electrons. The summed E-state index contributed by atoms with van der Waals surface area (Å²) in [6.07, 6.45) is 5.74. The molecule has 3 fully saturated rings. The van der Waals surface area contributed by atoms with Crippen LogP contribution in [0.4, 0.5) is 0 Å². The van der Waals surface area contributed by atoms with E-state index < -0.39 is 5.60 Å². The summed E-state index contributed by atoms with van der Waals surface area (Å²) in [5, 5.41) is 5.38. The van der Waals surface area contributed by atoms with Crippen molar-refractivity contribution in [2.24, 2.45) is 0 Å². The van der Waals surface area contributed by atoms with Gasteiger partial charge in [0.25, 0.3) is 5.91 Å². The molecule has 0 bridgehead atoms. The Morgan fingerprint density at radius 3 is 2.56 bits per heavy atom. The molecule has 7 heteroatoms. The molecule has 36 heavy (non-hydrogen) atoms. The highest BCUT2D eigenvalue weighted by Crippen LogP contribution is 2.50. The van der Waals surface area contributed by atoms with Crippen molar-refractivity contribution in [2.75, 3.05) is 39.8 Å². The van der Waals surface area contributed by atoms with Gasteiger partial charge in [0.15, 0.2) is 0 Å². The Hall–Kier alpha value is -1.93. The maximum Gasteiger partial charge on any atom is 0.255 e. The molecule has 3 aliphatic rings. The van der Waals surface area contributed by atoms with Crippen LogP contribution in [0.5, 0.6) is 5.75 Å². The summed E-state index contributed by atoms with van der Waals surface area (Å²) >= 11 is 1.76. The van der Waals surface area contributed by atoms with Gasteiger partial charge < -0.3 is 24.6 Å². The largest absolute Gasteiger partial charge is 0.485 e. The van der Waals surface area contributed by atoms with Crippen LogP contribution in [0, 0.1) is 0 Å². The van der Waals surface area contributed by atoms with Crippen LogP contribution in [0.3, 0.4) is 0 Å². The number of para-hydroxylation sites is 1. The van der Waals surface area contributed by atoms with Crippen molar-refractivity contribution < 1.29 is 14.3 Å². The molecule has 1 aromatic heterocycles. The fourth-order valence-electron chi connectivity index (χ4n) is 5.69. The number of morpholine rings is 1. The number of carbonyl (C=O) groups excluding carboxylic acids is 1. The van der Waals surface area contributed by atoms with Gasteiger partial charge in [0, 0.05) is 37.0 Å². The molecule has 1 N–H and O–H groups in total. The first kappa shape index (κ1) is 25.7. The molecule has 1 amide bonds. The van der Waals surface area contributed by atoms with Gasteiger partial charge in [-0.05, 0) is 82.6 Å². The number of thiophene rings is 1. The highest BCUT2D eigenvalue weighted by molar-refractivity contribution is 7.10. The van der Waals surface area contributed by atoms with E-state index in [2.05, 4.69) is 70.7 Å². The minimum atomic E-state index is -0.507. The number of amides is 1. The Kier molecular flexibility index (Phi) is 7.73. The van der Waals surface area contributed by atoms with E-state index in [0.29, 0.717) is 0 Å². The maximum absolute atomic E-state index is 12.9. The summed E-state index contributed by atoms with van der Waals surface area (Å²) in [5.41, 5.74) is 0.590. The smallest absolute Gasteiger partial charge is 0.255 e. The molecule has 0 unspecified atom stereocenters. The molecular weight excluding hydrogens is 470 g/mol. The Morgan fingerprint density at radius 2 is 1.89 bits per heavy atom. The maximum atomic E-state index is 12.9. The minimum absolute atomic E-state index is 0.0678. The van der Waals surface area contributed by atoms with Crippen molar-refractivity contribution in [3.8, 4) is 5.75 Å². The Labute approximate surface area is 220 Å². The summed E-state index contributed by atoms with van der Waals surface area (Å²) in [7, 11) is 1.99. The normalized spacial score (nSPS) is 21.9. The predicted molar refractivity (Wildman–Crippen MR) is 145 cm³/mol. The quantitative estimate of drug-likeness (QED) is 0.503. The monoisotopic (exact) mass is 511 g/mol. The van der Waals surface area contributed by atoms with Crippen LogP contribution in [0.25, 0.3) is 0 Å². The zero-order valence-corrected chi connectivity index (χ0v) is 22.8. The highest BCUT2D eigenvalue weighted by Gasteiger charge is 2.62. The molecule has 1 aromatic carbocycles. The molecule has 3 heterocycles. The summed E-state index contributed by atoms with van der Waals surface area (Å²) in [6, 6.07) is 13.0. The van der Waals surface area contributed by atoms with Crippen LogP contribution in [0.15, 0.2) is 41.8 Å². The van der Waals surface area contributed by atoms with Gasteiger partial charge in [0.1, 0.15) is 17.5 Å². The van der Waals surface area contributed by atoms with Gasteiger partial charge in [0.2, 0.25) is 0 Å². The predicted octanol–water partition coefficient (Wildman–Crippen LogP) is 4.65. The van der Waals surface area contributed by atoms with Crippen LogP contribution in [-0.2, 0) is 16.0 Å². The molecule has 5 rings (SSSR count). The van der Waals surface area contributed by atoms with Crippen molar-refractivity contribution in [3.05, 3.63) is 52.2 Å². The van der Waals surface area contributed by atoms with E-state index in [1.54, 1.807) is 11.3 Å². The number of rotatable bonds is 10. The van der Waals surface area contributed by atoms with E-state index in [9.17, 15) is 4.79 Å². The number of nitrogens with zero attached hydrogens (tertiary/aromatic N) is 2. The third-order valence-electron chi connectivity index (χ3n) is 8.07. The van der Waals surface area contributed by atoms with E-state index in [0.717, 1.165) is 77.0 Å². The third kappa shape index (κ3) is 5.49. The number of likely N-dealkylation sites (tertiary alicyclic amines) is 1. The third-order valence-corrected chi connectivity index (χ3v) is 9.04. The number of piperidine rings is 1. The number of hydrogen-bond donors (Lipinski definition) is 1. The summed E-state index contributed by atoms with van der Waals surface area (Å²) in [6.45, 7) is 8.95. The number of carbonyl (C=O) groups is 1. The SMILES string of the molecule is CNCC[C@@H](Oc1ccccc1CCN1CCC2(CC1)CN(C(C)C)C(=O)C1(CC1)O2)c1cccs1. The van der Waals surface area contributed by atoms with Gasteiger partial charge in [-0.25, -0.2) is 0 Å². The fraction of sp³-hybridized carbons (Fsp3) is 0.621. The summed E-state index contributed by atoms with van der Waals surface area (Å²) < 4.78 is 13.2. The van der Waals surface area contributed by atoms with Crippen LogP contribution in [-0.4, -0.2) is 72.7 Å². The summed E-state index contributed by atoms with van der Waals surface area (Å²) in [4.78, 5) is 18.8. The van der Waals surface area contributed by atoms with E-state index in [1.807, 2.05) is 7.05 Å². The number of hydrogen-bond acceptors (Lipinski definition) is 6. The topological polar surface area (TPSA) is 54.0 Å². The average Bonchev–Trinajstić information content (AvgIpc) is 3.42. The van der Waals surface area contributed by atoms with Gasteiger partial charge in [-0.2, -0.15) is 0 Å². The molecule has 196 valence electrons. The van der Waals surface area contributed by atoms with Gasteiger partial charge >= 0.3 is 0 Å². The van der Waals surface area contributed by atoms with Crippen molar-refractivity contribution in [2.45, 2.75) is 75.7 Å². The second-order valence-electron chi connectivity index (χ2n) is 11.0.